The van der Waals surface area contributed by atoms with Crippen LogP contribution in [-0.2, 0) is 4.79 Å². The molecule has 4 nitrogen and oxygen atoms in total. The van der Waals surface area contributed by atoms with Crippen molar-refractivity contribution in [2.45, 2.75) is 6.92 Å². The summed E-state index contributed by atoms with van der Waals surface area (Å²) in [6.45, 7) is 1.51. The Morgan fingerprint density at radius 2 is 1.70 bits per heavy atom. The van der Waals surface area contributed by atoms with Crippen LogP contribution in [0.25, 0.3) is 0 Å². The number of allylic oxidation sites excluding steroid dienone is 1. The number of hydrogen-bond donors (Lipinski definition) is 3. The average molecular weight is 159 g/mol. The quantitative estimate of drug-likeness (QED) is 0.355. The van der Waals surface area contributed by atoms with Gasteiger partial charge in [-0.2, -0.15) is 0 Å². The van der Waals surface area contributed by atoms with Crippen LogP contribution in [-0.4, -0.2) is 10.9 Å². The van der Waals surface area contributed by atoms with Gasteiger partial charge in [0.2, 0.25) is 0 Å². The number of carbonyl (C=O) groups is 1. The van der Waals surface area contributed by atoms with Crippen LogP contribution >= 0.6 is 12.2 Å². The van der Waals surface area contributed by atoms with Crippen molar-refractivity contribution in [3.63, 3.8) is 0 Å². The maximum atomic E-state index is 10.5. The first-order valence-corrected chi connectivity index (χ1v) is 2.93. The first-order valence-electron chi connectivity index (χ1n) is 2.52. The molecule has 0 aliphatic rings. The van der Waals surface area contributed by atoms with E-state index in [0.717, 1.165) is 0 Å². The van der Waals surface area contributed by atoms with Crippen molar-refractivity contribution in [2.75, 3.05) is 0 Å². The molecule has 0 unspecified atom stereocenters. The lowest BCUT2D eigenvalue weighted by molar-refractivity contribution is -0.114. The van der Waals surface area contributed by atoms with Gasteiger partial charge in [0.1, 0.15) is 4.99 Å². The highest BCUT2D eigenvalue weighted by Gasteiger charge is 2.09. The van der Waals surface area contributed by atoms with Crippen LogP contribution in [0.5, 0.6) is 0 Å². The van der Waals surface area contributed by atoms with E-state index in [0.29, 0.717) is 0 Å². The zero-order valence-electron chi connectivity index (χ0n) is 5.55. The molecular weight excluding hydrogens is 150 g/mol. The molecule has 0 atom stereocenters. The third-order valence-corrected chi connectivity index (χ3v) is 1.09. The van der Waals surface area contributed by atoms with Gasteiger partial charge >= 0.3 is 0 Å². The van der Waals surface area contributed by atoms with Crippen LogP contribution in [0.15, 0.2) is 11.3 Å². The Hall–Kier alpha value is -1.10. The Kier molecular flexibility index (Phi) is 2.82. The van der Waals surface area contributed by atoms with Gasteiger partial charge in [0, 0.05) is 5.70 Å². The van der Waals surface area contributed by atoms with E-state index in [4.69, 9.17) is 17.2 Å². The fraction of sp³-hybridized carbons (Fsp3) is 0.200. The van der Waals surface area contributed by atoms with Gasteiger partial charge in [-0.25, -0.2) is 0 Å². The standard InChI is InChI=1S/C5H9N3OS/c1-2(6)3(4(7)9)5(8)10/h6H2,1H3,(H2,7,9)(H2,8,10)/b3-2-. The Morgan fingerprint density at radius 1 is 1.30 bits per heavy atom. The summed E-state index contributed by atoms with van der Waals surface area (Å²) in [4.78, 5) is 10.4. The summed E-state index contributed by atoms with van der Waals surface area (Å²) >= 11 is 4.51. The zero-order chi connectivity index (χ0) is 8.31. The first kappa shape index (κ1) is 8.90. The molecule has 1 amide bonds. The van der Waals surface area contributed by atoms with Gasteiger partial charge < -0.3 is 17.2 Å². The minimum Gasteiger partial charge on any atom is -0.402 e. The molecule has 0 fully saturated rings. The molecule has 56 valence electrons. The monoisotopic (exact) mass is 159 g/mol. The van der Waals surface area contributed by atoms with Gasteiger partial charge in [-0.05, 0) is 6.92 Å². The van der Waals surface area contributed by atoms with E-state index in [1.807, 2.05) is 0 Å². The molecule has 0 heterocycles. The second-order valence-electron chi connectivity index (χ2n) is 1.79. The fourth-order valence-corrected chi connectivity index (χ4v) is 0.772. The Bertz CT molecular complexity index is 189. The van der Waals surface area contributed by atoms with Crippen molar-refractivity contribution in [2.24, 2.45) is 17.2 Å². The largest absolute Gasteiger partial charge is 0.402 e. The lowest BCUT2D eigenvalue weighted by Gasteiger charge is -2.00. The molecule has 6 N–H and O–H groups in total. The van der Waals surface area contributed by atoms with Crippen LogP contribution in [0.1, 0.15) is 6.92 Å². The number of primary amides is 1. The number of carbonyl (C=O) groups excluding carboxylic acids is 1. The van der Waals surface area contributed by atoms with Crippen molar-refractivity contribution < 1.29 is 4.79 Å². The minimum atomic E-state index is -0.687. The number of rotatable bonds is 2. The highest BCUT2D eigenvalue weighted by atomic mass is 32.1. The van der Waals surface area contributed by atoms with E-state index in [2.05, 4.69) is 12.2 Å². The highest BCUT2D eigenvalue weighted by molar-refractivity contribution is 7.80. The van der Waals surface area contributed by atoms with Crippen LogP contribution in [0.4, 0.5) is 0 Å². The predicted octanol–water partition coefficient (Wildman–Crippen LogP) is -1.01. The Labute approximate surface area is 64.0 Å². The fourth-order valence-electron chi connectivity index (χ4n) is 0.510. The van der Waals surface area contributed by atoms with E-state index >= 15 is 0 Å². The molecule has 0 aliphatic heterocycles. The summed E-state index contributed by atoms with van der Waals surface area (Å²) in [6.07, 6.45) is 0. The van der Waals surface area contributed by atoms with Crippen molar-refractivity contribution in [3.8, 4) is 0 Å². The summed E-state index contributed by atoms with van der Waals surface area (Å²) in [5, 5.41) is 0. The predicted molar refractivity (Wildman–Crippen MR) is 42.9 cm³/mol. The van der Waals surface area contributed by atoms with Crippen molar-refractivity contribution in [3.05, 3.63) is 11.3 Å². The first-order chi connectivity index (χ1) is 4.46. The van der Waals surface area contributed by atoms with Crippen molar-refractivity contribution in [1.29, 1.82) is 0 Å². The third kappa shape index (κ3) is 2.02. The maximum absolute atomic E-state index is 10.5. The van der Waals surface area contributed by atoms with Gasteiger partial charge in [0.15, 0.2) is 0 Å². The van der Waals surface area contributed by atoms with E-state index in [1.54, 1.807) is 0 Å². The van der Waals surface area contributed by atoms with Gasteiger partial charge in [-0.3, -0.25) is 4.79 Å². The van der Waals surface area contributed by atoms with Crippen LogP contribution < -0.4 is 17.2 Å². The third-order valence-electron chi connectivity index (χ3n) is 0.887. The smallest absolute Gasteiger partial charge is 0.253 e. The normalized spacial score (nSPS) is 12.1. The zero-order valence-corrected chi connectivity index (χ0v) is 6.37. The number of nitrogens with two attached hydrogens (primary N) is 3. The molecule has 10 heavy (non-hydrogen) atoms. The Morgan fingerprint density at radius 3 is 1.70 bits per heavy atom. The molecule has 0 radical (unpaired) electrons. The average Bonchev–Trinajstić information content (AvgIpc) is 1.59. The van der Waals surface area contributed by atoms with E-state index < -0.39 is 5.91 Å². The van der Waals surface area contributed by atoms with Gasteiger partial charge in [0.05, 0.1) is 5.57 Å². The molecule has 0 aromatic carbocycles. The highest BCUT2D eigenvalue weighted by Crippen LogP contribution is 1.96. The maximum Gasteiger partial charge on any atom is 0.253 e. The molecule has 0 aromatic heterocycles. The molecule has 0 saturated heterocycles. The van der Waals surface area contributed by atoms with Gasteiger partial charge in [0.25, 0.3) is 5.91 Å². The van der Waals surface area contributed by atoms with Gasteiger partial charge in [-0.1, -0.05) is 12.2 Å². The molecule has 0 aromatic rings. The molecular formula is C5H9N3OS. The Balaban J connectivity index is 4.79. The molecule has 0 spiro atoms. The van der Waals surface area contributed by atoms with E-state index in [-0.39, 0.29) is 16.3 Å². The number of thiocarbonyl (C=S) groups is 1. The molecule has 0 saturated carbocycles. The second-order valence-corrected chi connectivity index (χ2v) is 2.23. The summed E-state index contributed by atoms with van der Waals surface area (Å²) < 4.78 is 0. The molecule has 0 rings (SSSR count). The summed E-state index contributed by atoms with van der Waals surface area (Å²) in [6, 6.07) is 0. The lowest BCUT2D eigenvalue weighted by atomic mass is 10.2. The minimum absolute atomic E-state index is 0.0370. The topological polar surface area (TPSA) is 95.1 Å². The van der Waals surface area contributed by atoms with Crippen molar-refractivity contribution >= 4 is 23.1 Å². The SMILES string of the molecule is C/C(N)=C(\C(N)=O)C(N)=S. The summed E-state index contributed by atoms with van der Waals surface area (Å²) in [5.74, 6) is -0.687. The van der Waals surface area contributed by atoms with Crippen LogP contribution in [0.2, 0.25) is 0 Å². The van der Waals surface area contributed by atoms with E-state index in [1.165, 1.54) is 6.92 Å². The van der Waals surface area contributed by atoms with Crippen molar-refractivity contribution in [1.82, 2.24) is 0 Å². The van der Waals surface area contributed by atoms with Gasteiger partial charge in [-0.15, -0.1) is 0 Å². The molecule has 0 aliphatic carbocycles. The number of amides is 1. The van der Waals surface area contributed by atoms with E-state index in [9.17, 15) is 4.79 Å². The molecule has 5 heteroatoms. The number of hydrogen-bond acceptors (Lipinski definition) is 3. The van der Waals surface area contributed by atoms with Crippen LogP contribution in [0.3, 0.4) is 0 Å². The lowest BCUT2D eigenvalue weighted by Crippen LogP contribution is -2.27. The summed E-state index contributed by atoms with van der Waals surface area (Å²) in [5.41, 5.74) is 15.6. The second kappa shape index (κ2) is 3.17. The molecule has 0 bridgehead atoms. The van der Waals surface area contributed by atoms with Crippen LogP contribution in [0, 0.1) is 0 Å². The summed E-state index contributed by atoms with van der Waals surface area (Å²) in [7, 11) is 0.